The minimum atomic E-state index is 0.599. The molecule has 2 nitrogen and oxygen atoms in total. The number of anilines is 1. The Labute approximate surface area is 115 Å². The largest absolute Gasteiger partial charge is 0.381 e. The Bertz CT molecular complexity index is 554. The molecule has 1 aromatic heterocycles. The molecule has 2 aromatic rings. The Kier molecular flexibility index (Phi) is 3.41. The van der Waals surface area contributed by atoms with E-state index in [1.165, 1.54) is 24.6 Å². The Morgan fingerprint density at radius 3 is 2.58 bits per heavy atom. The SMILES string of the molecule is CC1CC(C)CC(Nc2cnc3ccccc3c2)C1. The van der Waals surface area contributed by atoms with Crippen LogP contribution in [0.2, 0.25) is 0 Å². The Balaban J connectivity index is 1.77. The van der Waals surface area contributed by atoms with Gasteiger partial charge in [0.1, 0.15) is 0 Å². The summed E-state index contributed by atoms with van der Waals surface area (Å²) in [6.07, 6.45) is 5.88. The van der Waals surface area contributed by atoms with Gasteiger partial charge in [-0.15, -0.1) is 0 Å². The summed E-state index contributed by atoms with van der Waals surface area (Å²) in [5, 5.41) is 4.88. The highest BCUT2D eigenvalue weighted by atomic mass is 14.9. The van der Waals surface area contributed by atoms with Crippen LogP contribution in [0.15, 0.2) is 36.5 Å². The van der Waals surface area contributed by atoms with E-state index in [1.54, 1.807) is 0 Å². The van der Waals surface area contributed by atoms with Crippen molar-refractivity contribution in [3.8, 4) is 0 Å². The molecule has 0 saturated heterocycles. The van der Waals surface area contributed by atoms with Gasteiger partial charge in [-0.05, 0) is 43.2 Å². The quantitative estimate of drug-likeness (QED) is 0.855. The molecule has 0 aliphatic heterocycles. The molecule has 0 bridgehead atoms. The molecule has 3 rings (SSSR count). The third-order valence-electron chi connectivity index (χ3n) is 4.14. The lowest BCUT2D eigenvalue weighted by Crippen LogP contribution is -2.30. The summed E-state index contributed by atoms with van der Waals surface area (Å²) in [5.41, 5.74) is 2.23. The van der Waals surface area contributed by atoms with Gasteiger partial charge >= 0.3 is 0 Å². The number of benzene rings is 1. The summed E-state index contributed by atoms with van der Waals surface area (Å²) in [6.45, 7) is 4.73. The van der Waals surface area contributed by atoms with Crippen LogP contribution in [0.4, 0.5) is 5.69 Å². The van der Waals surface area contributed by atoms with Crippen molar-refractivity contribution in [2.45, 2.75) is 39.2 Å². The summed E-state index contributed by atoms with van der Waals surface area (Å²) < 4.78 is 0. The molecule has 0 amide bonds. The van der Waals surface area contributed by atoms with Crippen LogP contribution in [0.5, 0.6) is 0 Å². The predicted molar refractivity (Wildman–Crippen MR) is 81.3 cm³/mol. The number of aromatic nitrogens is 1. The first-order valence-corrected chi connectivity index (χ1v) is 7.32. The number of pyridine rings is 1. The molecule has 2 atom stereocenters. The molecule has 100 valence electrons. The topological polar surface area (TPSA) is 24.9 Å². The molecule has 1 heterocycles. The van der Waals surface area contributed by atoms with Crippen LogP contribution in [0.1, 0.15) is 33.1 Å². The monoisotopic (exact) mass is 254 g/mol. The van der Waals surface area contributed by atoms with E-state index in [0.29, 0.717) is 6.04 Å². The lowest BCUT2D eigenvalue weighted by Gasteiger charge is -2.32. The van der Waals surface area contributed by atoms with Crippen molar-refractivity contribution >= 4 is 16.6 Å². The van der Waals surface area contributed by atoms with E-state index in [9.17, 15) is 0 Å². The highest BCUT2D eigenvalue weighted by Gasteiger charge is 2.23. The van der Waals surface area contributed by atoms with Gasteiger partial charge in [0, 0.05) is 11.4 Å². The standard InChI is InChI=1S/C17H22N2/c1-12-7-13(2)9-15(8-12)19-16-10-14-5-3-4-6-17(14)18-11-16/h3-6,10-13,15,19H,7-9H2,1-2H3. The molecule has 1 fully saturated rings. The summed E-state index contributed by atoms with van der Waals surface area (Å²) in [7, 11) is 0. The van der Waals surface area contributed by atoms with E-state index < -0.39 is 0 Å². The Morgan fingerprint density at radius 1 is 1.05 bits per heavy atom. The molecule has 1 N–H and O–H groups in total. The second-order valence-corrected chi connectivity index (χ2v) is 6.18. The fraction of sp³-hybridized carbons (Fsp3) is 0.471. The van der Waals surface area contributed by atoms with E-state index in [0.717, 1.165) is 23.0 Å². The fourth-order valence-electron chi connectivity index (χ4n) is 3.45. The first-order valence-electron chi connectivity index (χ1n) is 7.32. The minimum Gasteiger partial charge on any atom is -0.381 e. The van der Waals surface area contributed by atoms with Gasteiger partial charge in [0.2, 0.25) is 0 Å². The number of hydrogen-bond donors (Lipinski definition) is 1. The Morgan fingerprint density at radius 2 is 1.79 bits per heavy atom. The molecule has 2 heteroatoms. The average Bonchev–Trinajstić information content (AvgIpc) is 2.37. The highest BCUT2D eigenvalue weighted by molar-refractivity contribution is 5.81. The van der Waals surface area contributed by atoms with Crippen LogP contribution in [-0.4, -0.2) is 11.0 Å². The maximum atomic E-state index is 4.52. The van der Waals surface area contributed by atoms with E-state index in [-0.39, 0.29) is 0 Å². The summed E-state index contributed by atoms with van der Waals surface area (Å²) in [4.78, 5) is 4.52. The number of para-hydroxylation sites is 1. The van der Waals surface area contributed by atoms with Crippen LogP contribution < -0.4 is 5.32 Å². The smallest absolute Gasteiger partial charge is 0.0703 e. The van der Waals surface area contributed by atoms with Crippen LogP contribution in [0, 0.1) is 11.8 Å². The van der Waals surface area contributed by atoms with Crippen LogP contribution >= 0.6 is 0 Å². The van der Waals surface area contributed by atoms with Crippen molar-refractivity contribution in [1.29, 1.82) is 0 Å². The molecule has 1 aromatic carbocycles. The fourth-order valence-corrected chi connectivity index (χ4v) is 3.45. The van der Waals surface area contributed by atoms with Crippen LogP contribution in [0.25, 0.3) is 10.9 Å². The van der Waals surface area contributed by atoms with Gasteiger partial charge in [0.25, 0.3) is 0 Å². The Hall–Kier alpha value is -1.57. The maximum absolute atomic E-state index is 4.52. The molecule has 0 spiro atoms. The zero-order valence-electron chi connectivity index (χ0n) is 11.8. The summed E-state index contributed by atoms with van der Waals surface area (Å²) in [6, 6.07) is 11.1. The molecule has 0 radical (unpaired) electrons. The third-order valence-corrected chi connectivity index (χ3v) is 4.14. The first-order chi connectivity index (χ1) is 9.20. The van der Waals surface area contributed by atoms with E-state index >= 15 is 0 Å². The molecular weight excluding hydrogens is 232 g/mol. The molecule has 2 unspecified atom stereocenters. The molecule has 1 aliphatic rings. The van der Waals surface area contributed by atoms with Crippen LogP contribution in [0.3, 0.4) is 0 Å². The van der Waals surface area contributed by atoms with Gasteiger partial charge in [-0.3, -0.25) is 4.98 Å². The summed E-state index contributed by atoms with van der Waals surface area (Å²) in [5.74, 6) is 1.66. The van der Waals surface area contributed by atoms with Crippen molar-refractivity contribution in [3.63, 3.8) is 0 Å². The molecular formula is C17H22N2. The number of nitrogens with one attached hydrogen (secondary N) is 1. The van der Waals surface area contributed by atoms with Crippen LogP contribution in [-0.2, 0) is 0 Å². The number of rotatable bonds is 2. The van der Waals surface area contributed by atoms with E-state index in [4.69, 9.17) is 0 Å². The zero-order chi connectivity index (χ0) is 13.2. The van der Waals surface area contributed by atoms with Gasteiger partial charge in [0.05, 0.1) is 17.4 Å². The first kappa shape index (κ1) is 12.5. The van der Waals surface area contributed by atoms with Crippen molar-refractivity contribution in [2.75, 3.05) is 5.32 Å². The number of fused-ring (bicyclic) bond motifs is 1. The van der Waals surface area contributed by atoms with Gasteiger partial charge in [-0.25, -0.2) is 0 Å². The van der Waals surface area contributed by atoms with Crippen molar-refractivity contribution in [3.05, 3.63) is 36.5 Å². The van der Waals surface area contributed by atoms with Gasteiger partial charge < -0.3 is 5.32 Å². The van der Waals surface area contributed by atoms with Gasteiger partial charge in [-0.1, -0.05) is 32.0 Å². The summed E-state index contributed by atoms with van der Waals surface area (Å²) >= 11 is 0. The highest BCUT2D eigenvalue weighted by Crippen LogP contribution is 2.30. The van der Waals surface area contributed by atoms with Gasteiger partial charge in [-0.2, -0.15) is 0 Å². The lowest BCUT2D eigenvalue weighted by atomic mass is 9.80. The molecule has 1 saturated carbocycles. The number of nitrogens with zero attached hydrogens (tertiary/aromatic N) is 1. The molecule has 1 aliphatic carbocycles. The number of hydrogen-bond acceptors (Lipinski definition) is 2. The predicted octanol–water partition coefficient (Wildman–Crippen LogP) is 4.47. The molecule has 19 heavy (non-hydrogen) atoms. The van der Waals surface area contributed by atoms with Crippen molar-refractivity contribution in [2.24, 2.45) is 11.8 Å². The zero-order valence-corrected chi connectivity index (χ0v) is 11.8. The van der Waals surface area contributed by atoms with E-state index in [1.807, 2.05) is 12.3 Å². The minimum absolute atomic E-state index is 0.599. The van der Waals surface area contributed by atoms with E-state index in [2.05, 4.69) is 48.4 Å². The second-order valence-electron chi connectivity index (χ2n) is 6.18. The maximum Gasteiger partial charge on any atom is 0.0703 e. The lowest BCUT2D eigenvalue weighted by molar-refractivity contribution is 0.281. The third kappa shape index (κ3) is 2.89. The van der Waals surface area contributed by atoms with Gasteiger partial charge in [0.15, 0.2) is 0 Å². The average molecular weight is 254 g/mol. The normalized spacial score (nSPS) is 27.4. The second kappa shape index (κ2) is 5.20. The van der Waals surface area contributed by atoms with Crippen molar-refractivity contribution < 1.29 is 0 Å². The van der Waals surface area contributed by atoms with Crippen molar-refractivity contribution in [1.82, 2.24) is 4.98 Å².